The average molecular weight is 472 g/mol. The highest BCUT2D eigenvalue weighted by Crippen LogP contribution is 2.42. The molecular weight excluding hydrogens is 438 g/mol. The summed E-state index contributed by atoms with van der Waals surface area (Å²) in [5, 5.41) is 0.843. The van der Waals surface area contributed by atoms with Crippen LogP contribution in [-0.2, 0) is 15.6 Å². The van der Waals surface area contributed by atoms with Crippen LogP contribution >= 0.6 is 11.6 Å². The number of nitrogens with zero attached hydrogens (tertiary/aromatic N) is 1. The number of halogens is 1. The maximum Gasteiger partial charge on any atom is 0.337 e. The first-order valence-electron chi connectivity index (χ1n) is 11.2. The lowest BCUT2D eigenvalue weighted by Crippen LogP contribution is -2.43. The van der Waals surface area contributed by atoms with Crippen molar-refractivity contribution in [2.75, 3.05) is 7.11 Å². The summed E-state index contributed by atoms with van der Waals surface area (Å²) in [6.07, 6.45) is 2.63. The Labute approximate surface area is 198 Å². The molecule has 0 spiro atoms. The van der Waals surface area contributed by atoms with Crippen molar-refractivity contribution in [3.63, 3.8) is 0 Å². The number of carbonyl (C=O) groups is 1. The van der Waals surface area contributed by atoms with Crippen LogP contribution in [0.2, 0.25) is 23.2 Å². The Morgan fingerprint density at radius 3 is 2.31 bits per heavy atom. The van der Waals surface area contributed by atoms with Crippen LogP contribution in [0, 0.1) is 0 Å². The van der Waals surface area contributed by atoms with Crippen molar-refractivity contribution in [2.24, 2.45) is 4.99 Å². The Balaban J connectivity index is 1.81. The number of aliphatic imine (C=N–C) groups is 1. The SMILES string of the molecule is COC(=O)c1ccc(CC2=NC([C@H](O[Si](C)(C)C(C)(C)C)c3ccc(Cl)cc3)CC2)cc1. The second kappa shape index (κ2) is 9.90. The quantitative estimate of drug-likeness (QED) is 0.321. The van der Waals surface area contributed by atoms with Gasteiger partial charge in [0.1, 0.15) is 0 Å². The van der Waals surface area contributed by atoms with E-state index >= 15 is 0 Å². The van der Waals surface area contributed by atoms with Gasteiger partial charge in [0.15, 0.2) is 8.32 Å². The normalized spacial score (nSPS) is 17.7. The molecule has 1 heterocycles. The van der Waals surface area contributed by atoms with E-state index in [0.717, 1.165) is 35.4 Å². The minimum Gasteiger partial charge on any atom is -0.465 e. The molecule has 1 aliphatic heterocycles. The van der Waals surface area contributed by atoms with E-state index in [-0.39, 0.29) is 23.2 Å². The molecule has 172 valence electrons. The van der Waals surface area contributed by atoms with E-state index in [9.17, 15) is 4.79 Å². The number of rotatable bonds is 7. The number of hydrogen-bond donors (Lipinski definition) is 0. The second-order valence-corrected chi connectivity index (χ2v) is 15.2. The zero-order valence-corrected chi connectivity index (χ0v) is 21.7. The molecule has 0 bridgehead atoms. The summed E-state index contributed by atoms with van der Waals surface area (Å²) in [6, 6.07) is 15.7. The van der Waals surface area contributed by atoms with Crippen molar-refractivity contribution in [1.29, 1.82) is 0 Å². The summed E-state index contributed by atoms with van der Waals surface area (Å²) in [5.74, 6) is -0.316. The standard InChI is InChI=1S/C26H34ClNO3Si/c1-26(2,3)32(5,6)31-24(19-11-13-21(27)14-12-19)23-16-15-22(28-23)17-18-7-9-20(10-8-18)25(29)30-4/h7-14,23-24H,15-17H2,1-6H3/t23?,24-/m1/s1. The van der Waals surface area contributed by atoms with Crippen LogP contribution in [0.15, 0.2) is 53.5 Å². The molecule has 0 aliphatic carbocycles. The minimum atomic E-state index is -1.99. The molecular formula is C26H34ClNO3Si. The van der Waals surface area contributed by atoms with Gasteiger partial charge in [-0.05, 0) is 66.4 Å². The van der Waals surface area contributed by atoms with Crippen molar-refractivity contribution in [2.45, 2.75) is 70.3 Å². The monoisotopic (exact) mass is 471 g/mol. The average Bonchev–Trinajstić information content (AvgIpc) is 3.20. The fourth-order valence-electron chi connectivity index (χ4n) is 3.66. The third-order valence-corrected chi connectivity index (χ3v) is 11.3. The van der Waals surface area contributed by atoms with E-state index in [4.69, 9.17) is 25.8 Å². The van der Waals surface area contributed by atoms with E-state index in [1.807, 2.05) is 36.4 Å². The summed E-state index contributed by atoms with van der Waals surface area (Å²) in [5.41, 5.74) is 4.02. The van der Waals surface area contributed by atoms with Gasteiger partial charge in [-0.1, -0.05) is 56.6 Å². The van der Waals surface area contributed by atoms with Gasteiger partial charge in [0, 0.05) is 17.2 Å². The molecule has 0 saturated carbocycles. The first kappa shape index (κ1) is 24.7. The largest absolute Gasteiger partial charge is 0.465 e. The predicted molar refractivity (Wildman–Crippen MR) is 134 cm³/mol. The van der Waals surface area contributed by atoms with Crippen LogP contribution in [0.25, 0.3) is 0 Å². The molecule has 0 radical (unpaired) electrons. The van der Waals surface area contributed by atoms with Crippen molar-refractivity contribution < 1.29 is 14.0 Å². The third-order valence-electron chi connectivity index (χ3n) is 6.64. The number of carbonyl (C=O) groups excluding carboxylic acids is 1. The van der Waals surface area contributed by atoms with E-state index in [1.54, 1.807) is 0 Å². The highest BCUT2D eigenvalue weighted by Gasteiger charge is 2.42. The number of benzene rings is 2. The van der Waals surface area contributed by atoms with Gasteiger partial charge < -0.3 is 9.16 Å². The topological polar surface area (TPSA) is 47.9 Å². The first-order valence-corrected chi connectivity index (χ1v) is 14.4. The highest BCUT2D eigenvalue weighted by molar-refractivity contribution is 6.74. The Bertz CT molecular complexity index is 962. The van der Waals surface area contributed by atoms with Crippen LogP contribution in [0.3, 0.4) is 0 Å². The predicted octanol–water partition coefficient (Wildman–Crippen LogP) is 7.04. The second-order valence-electron chi connectivity index (χ2n) is 10.0. The van der Waals surface area contributed by atoms with Crippen LogP contribution in [0.4, 0.5) is 0 Å². The van der Waals surface area contributed by atoms with Crippen LogP contribution in [-0.4, -0.2) is 33.2 Å². The van der Waals surface area contributed by atoms with Gasteiger partial charge in [-0.15, -0.1) is 0 Å². The Morgan fingerprint density at radius 2 is 1.75 bits per heavy atom. The molecule has 1 aliphatic rings. The van der Waals surface area contributed by atoms with Gasteiger partial charge in [0.05, 0.1) is 24.8 Å². The minimum absolute atomic E-state index is 0.0765. The fraction of sp³-hybridized carbons (Fsp3) is 0.462. The zero-order valence-electron chi connectivity index (χ0n) is 19.9. The number of methoxy groups -OCH3 is 1. The van der Waals surface area contributed by atoms with Crippen LogP contribution in [0.1, 0.15) is 61.2 Å². The molecule has 0 amide bonds. The van der Waals surface area contributed by atoms with Gasteiger partial charge in [0.2, 0.25) is 0 Å². The summed E-state index contributed by atoms with van der Waals surface area (Å²) in [6.45, 7) is 11.4. The maximum atomic E-state index is 11.7. The lowest BCUT2D eigenvalue weighted by molar-refractivity contribution is 0.0600. The molecule has 32 heavy (non-hydrogen) atoms. The van der Waals surface area contributed by atoms with Gasteiger partial charge in [-0.3, -0.25) is 4.99 Å². The number of hydrogen-bond acceptors (Lipinski definition) is 4. The van der Waals surface area contributed by atoms with Crippen molar-refractivity contribution >= 4 is 31.6 Å². The summed E-state index contributed by atoms with van der Waals surface area (Å²) < 4.78 is 11.7. The first-order chi connectivity index (χ1) is 15.0. The molecule has 0 saturated heterocycles. The van der Waals surface area contributed by atoms with Gasteiger partial charge >= 0.3 is 5.97 Å². The van der Waals surface area contributed by atoms with Crippen LogP contribution in [0.5, 0.6) is 0 Å². The van der Waals surface area contributed by atoms with Crippen molar-refractivity contribution in [3.8, 4) is 0 Å². The fourth-order valence-corrected chi connectivity index (χ4v) is 5.07. The number of esters is 1. The molecule has 1 unspecified atom stereocenters. The lowest BCUT2D eigenvalue weighted by atomic mass is 10.00. The summed E-state index contributed by atoms with van der Waals surface area (Å²) in [4.78, 5) is 16.8. The van der Waals surface area contributed by atoms with Gasteiger partial charge in [0.25, 0.3) is 0 Å². The smallest absolute Gasteiger partial charge is 0.337 e. The molecule has 2 atom stereocenters. The number of ether oxygens (including phenoxy) is 1. The molecule has 6 heteroatoms. The van der Waals surface area contributed by atoms with E-state index in [1.165, 1.54) is 12.8 Å². The molecule has 0 aromatic heterocycles. The van der Waals surface area contributed by atoms with Gasteiger partial charge in [-0.25, -0.2) is 4.79 Å². The Kier molecular flexibility index (Phi) is 7.64. The highest BCUT2D eigenvalue weighted by atomic mass is 35.5. The van der Waals surface area contributed by atoms with Crippen LogP contribution < -0.4 is 0 Å². The molecule has 0 fully saturated rings. The van der Waals surface area contributed by atoms with Crippen molar-refractivity contribution in [1.82, 2.24) is 0 Å². The van der Waals surface area contributed by atoms with Gasteiger partial charge in [-0.2, -0.15) is 0 Å². The zero-order chi connectivity index (χ0) is 23.5. The Hall–Kier alpha value is -1.95. The third kappa shape index (κ3) is 5.88. The van der Waals surface area contributed by atoms with E-state index < -0.39 is 8.32 Å². The molecule has 3 rings (SSSR count). The Morgan fingerprint density at radius 1 is 1.12 bits per heavy atom. The van der Waals surface area contributed by atoms with E-state index in [0.29, 0.717) is 5.56 Å². The molecule has 2 aromatic rings. The molecule has 0 N–H and O–H groups in total. The van der Waals surface area contributed by atoms with E-state index in [2.05, 4.69) is 46.0 Å². The molecule has 2 aromatic carbocycles. The van der Waals surface area contributed by atoms with Crippen molar-refractivity contribution in [3.05, 3.63) is 70.2 Å². The lowest BCUT2D eigenvalue weighted by Gasteiger charge is -2.40. The molecule has 4 nitrogen and oxygen atoms in total. The summed E-state index contributed by atoms with van der Waals surface area (Å²) >= 11 is 6.15. The maximum absolute atomic E-state index is 11.7. The summed E-state index contributed by atoms with van der Waals surface area (Å²) in [7, 11) is -0.599.